The minimum Gasteiger partial charge on any atom is -0.495 e. The molecule has 9 heteroatoms. The molecule has 0 N–H and O–H groups in total. The molecular formula is C19H23F3N4O2. The van der Waals surface area contributed by atoms with E-state index in [0.717, 1.165) is 16.1 Å². The number of rotatable bonds is 4. The molecule has 2 heterocycles. The molecule has 1 aliphatic rings. The molecule has 0 radical (unpaired) electrons. The summed E-state index contributed by atoms with van der Waals surface area (Å²) in [5.74, 6) is 0.531. The second-order valence-electron chi connectivity index (χ2n) is 6.75. The van der Waals surface area contributed by atoms with Crippen LogP contribution in [-0.4, -0.2) is 53.9 Å². The highest BCUT2D eigenvalue weighted by molar-refractivity contribution is 5.76. The normalized spacial score (nSPS) is 15.1. The Hall–Kier alpha value is -2.71. The summed E-state index contributed by atoms with van der Waals surface area (Å²) in [5, 5.41) is 3.62. The maximum atomic E-state index is 13.0. The first kappa shape index (κ1) is 20.0. The van der Waals surface area contributed by atoms with Crippen molar-refractivity contribution in [3.05, 3.63) is 41.2 Å². The Morgan fingerprint density at radius 3 is 2.36 bits per heavy atom. The minimum atomic E-state index is -4.52. The number of alkyl halides is 3. The molecule has 1 aromatic heterocycles. The predicted octanol–water partition coefficient (Wildman–Crippen LogP) is 2.88. The summed E-state index contributed by atoms with van der Waals surface area (Å²) in [4.78, 5) is 16.4. The van der Waals surface area contributed by atoms with Crippen LogP contribution in [0.15, 0.2) is 24.3 Å². The van der Waals surface area contributed by atoms with Crippen LogP contribution in [0.4, 0.5) is 18.9 Å². The Morgan fingerprint density at radius 1 is 1.14 bits per heavy atom. The molecule has 1 aliphatic heterocycles. The van der Waals surface area contributed by atoms with Crippen LogP contribution in [0.5, 0.6) is 5.75 Å². The predicted molar refractivity (Wildman–Crippen MR) is 98.5 cm³/mol. The van der Waals surface area contributed by atoms with Crippen molar-refractivity contribution in [1.82, 2.24) is 14.7 Å². The lowest BCUT2D eigenvalue weighted by molar-refractivity contribution is -0.142. The standard InChI is InChI=1S/C19H23F3N4O2/c1-13-14(2)26(23-18(13)19(20,21)22)12-17(27)25-10-8-24(9-11-25)15-6-4-5-7-16(15)28-3/h4-7H,8-12H2,1-3H3. The van der Waals surface area contributed by atoms with E-state index in [1.807, 2.05) is 24.3 Å². The van der Waals surface area contributed by atoms with Crippen molar-refractivity contribution in [3.8, 4) is 5.75 Å². The summed E-state index contributed by atoms with van der Waals surface area (Å²) >= 11 is 0. The maximum Gasteiger partial charge on any atom is 0.435 e. The van der Waals surface area contributed by atoms with Crippen LogP contribution in [0.2, 0.25) is 0 Å². The third-order valence-electron chi connectivity index (χ3n) is 5.12. The quantitative estimate of drug-likeness (QED) is 0.798. The van der Waals surface area contributed by atoms with E-state index in [0.29, 0.717) is 31.9 Å². The second kappa shape index (κ2) is 7.73. The van der Waals surface area contributed by atoms with Crippen molar-refractivity contribution in [2.75, 3.05) is 38.2 Å². The maximum absolute atomic E-state index is 13.0. The SMILES string of the molecule is COc1ccccc1N1CCN(C(=O)Cn2nc(C(F)(F)F)c(C)c2C)CC1. The average molecular weight is 396 g/mol. The number of halogens is 3. The van der Waals surface area contributed by atoms with Gasteiger partial charge in [-0.15, -0.1) is 0 Å². The molecule has 1 aromatic carbocycles. The number of piperazine rings is 1. The summed E-state index contributed by atoms with van der Waals surface area (Å²) in [5.41, 5.74) is 0.443. The first-order valence-electron chi connectivity index (χ1n) is 8.99. The Kier molecular flexibility index (Phi) is 5.53. The Morgan fingerprint density at radius 2 is 1.79 bits per heavy atom. The first-order chi connectivity index (χ1) is 13.2. The highest BCUT2D eigenvalue weighted by Crippen LogP contribution is 2.32. The number of hydrogen-bond acceptors (Lipinski definition) is 4. The highest BCUT2D eigenvalue weighted by atomic mass is 19.4. The lowest BCUT2D eigenvalue weighted by Crippen LogP contribution is -2.49. The number of carbonyl (C=O) groups excluding carboxylic acids is 1. The number of para-hydroxylation sites is 2. The van der Waals surface area contributed by atoms with Gasteiger partial charge in [-0.25, -0.2) is 0 Å². The van der Waals surface area contributed by atoms with Gasteiger partial charge in [-0.2, -0.15) is 18.3 Å². The number of benzene rings is 1. The lowest BCUT2D eigenvalue weighted by atomic mass is 10.2. The number of ether oxygens (including phenoxy) is 1. The van der Waals surface area contributed by atoms with E-state index < -0.39 is 11.9 Å². The fourth-order valence-corrected chi connectivity index (χ4v) is 3.37. The number of carbonyl (C=O) groups is 1. The molecule has 0 atom stereocenters. The number of methoxy groups -OCH3 is 1. The van der Waals surface area contributed by atoms with Gasteiger partial charge in [0.1, 0.15) is 12.3 Å². The molecule has 28 heavy (non-hydrogen) atoms. The smallest absolute Gasteiger partial charge is 0.435 e. The van der Waals surface area contributed by atoms with Crippen molar-refractivity contribution in [2.24, 2.45) is 0 Å². The molecule has 1 amide bonds. The molecule has 6 nitrogen and oxygen atoms in total. The summed E-state index contributed by atoms with van der Waals surface area (Å²) in [6.45, 7) is 4.94. The van der Waals surface area contributed by atoms with Crippen molar-refractivity contribution in [3.63, 3.8) is 0 Å². The van der Waals surface area contributed by atoms with Crippen molar-refractivity contribution < 1.29 is 22.7 Å². The summed E-state index contributed by atoms with van der Waals surface area (Å²) in [6, 6.07) is 7.67. The molecule has 0 aliphatic carbocycles. The molecule has 1 fully saturated rings. The topological polar surface area (TPSA) is 50.6 Å². The summed E-state index contributed by atoms with van der Waals surface area (Å²) in [6.07, 6.45) is -4.52. The zero-order valence-electron chi connectivity index (χ0n) is 16.1. The molecule has 1 saturated heterocycles. The zero-order chi connectivity index (χ0) is 20.5. The third kappa shape index (κ3) is 3.93. The van der Waals surface area contributed by atoms with Crippen LogP contribution in [-0.2, 0) is 17.5 Å². The van der Waals surface area contributed by atoms with Gasteiger partial charge in [-0.1, -0.05) is 12.1 Å². The van der Waals surface area contributed by atoms with Gasteiger partial charge >= 0.3 is 6.18 Å². The largest absolute Gasteiger partial charge is 0.495 e. The number of nitrogens with zero attached hydrogens (tertiary/aromatic N) is 4. The van der Waals surface area contributed by atoms with Crippen molar-refractivity contribution in [2.45, 2.75) is 26.6 Å². The summed E-state index contributed by atoms with van der Waals surface area (Å²) in [7, 11) is 1.61. The van der Waals surface area contributed by atoms with Crippen LogP contribution < -0.4 is 9.64 Å². The van der Waals surface area contributed by atoms with Crippen LogP contribution in [0.3, 0.4) is 0 Å². The molecule has 0 unspecified atom stereocenters. The monoisotopic (exact) mass is 396 g/mol. The van der Waals surface area contributed by atoms with Gasteiger partial charge in [-0.3, -0.25) is 9.48 Å². The van der Waals surface area contributed by atoms with Crippen LogP contribution in [0.25, 0.3) is 0 Å². The first-order valence-corrected chi connectivity index (χ1v) is 8.99. The molecule has 0 spiro atoms. The molecule has 0 bridgehead atoms. The van der Waals surface area contributed by atoms with E-state index in [1.165, 1.54) is 6.92 Å². The highest BCUT2D eigenvalue weighted by Gasteiger charge is 2.37. The number of anilines is 1. The second-order valence-corrected chi connectivity index (χ2v) is 6.75. The van der Waals surface area contributed by atoms with Gasteiger partial charge in [0.15, 0.2) is 5.69 Å². The molecule has 152 valence electrons. The van der Waals surface area contributed by atoms with E-state index in [1.54, 1.807) is 18.9 Å². The van der Waals surface area contributed by atoms with Gasteiger partial charge in [0.2, 0.25) is 5.91 Å². The van der Waals surface area contributed by atoms with E-state index >= 15 is 0 Å². The molecule has 0 saturated carbocycles. The fraction of sp³-hybridized carbons (Fsp3) is 0.474. The van der Waals surface area contributed by atoms with Gasteiger partial charge in [0, 0.05) is 37.4 Å². The molecule has 2 aromatic rings. The average Bonchev–Trinajstić information content (AvgIpc) is 2.96. The van der Waals surface area contributed by atoms with Crippen molar-refractivity contribution >= 4 is 11.6 Å². The van der Waals surface area contributed by atoms with Gasteiger partial charge < -0.3 is 14.5 Å². The fourth-order valence-electron chi connectivity index (χ4n) is 3.37. The van der Waals surface area contributed by atoms with Crippen LogP contribution in [0, 0.1) is 13.8 Å². The Balaban J connectivity index is 1.65. The third-order valence-corrected chi connectivity index (χ3v) is 5.12. The molecular weight excluding hydrogens is 373 g/mol. The van der Waals surface area contributed by atoms with E-state index in [4.69, 9.17) is 4.74 Å². The van der Waals surface area contributed by atoms with E-state index in [2.05, 4.69) is 10.00 Å². The summed E-state index contributed by atoms with van der Waals surface area (Å²) < 4.78 is 45.6. The van der Waals surface area contributed by atoms with Crippen LogP contribution >= 0.6 is 0 Å². The van der Waals surface area contributed by atoms with Crippen LogP contribution in [0.1, 0.15) is 17.0 Å². The van der Waals surface area contributed by atoms with Gasteiger partial charge in [-0.05, 0) is 26.0 Å². The Bertz CT molecular complexity index is 855. The zero-order valence-corrected chi connectivity index (χ0v) is 16.1. The Labute approximate surface area is 161 Å². The van der Waals surface area contributed by atoms with E-state index in [9.17, 15) is 18.0 Å². The number of amides is 1. The van der Waals surface area contributed by atoms with Gasteiger partial charge in [0.25, 0.3) is 0 Å². The number of aromatic nitrogens is 2. The number of hydrogen-bond donors (Lipinski definition) is 0. The van der Waals surface area contributed by atoms with E-state index in [-0.39, 0.29) is 18.0 Å². The lowest BCUT2D eigenvalue weighted by Gasteiger charge is -2.36. The van der Waals surface area contributed by atoms with Gasteiger partial charge in [0.05, 0.1) is 12.8 Å². The minimum absolute atomic E-state index is 0.0568. The molecule has 3 rings (SSSR count). The van der Waals surface area contributed by atoms with Crippen molar-refractivity contribution in [1.29, 1.82) is 0 Å².